The lowest BCUT2D eigenvalue weighted by Crippen LogP contribution is -2.57. The average Bonchev–Trinajstić information content (AvgIpc) is 2.82. The summed E-state index contributed by atoms with van der Waals surface area (Å²) < 4.78 is 26.8. The van der Waals surface area contributed by atoms with Crippen LogP contribution >= 0.6 is 0 Å². The zero-order valence-electron chi connectivity index (χ0n) is 14.7. The first-order chi connectivity index (χ1) is 11.7. The minimum absolute atomic E-state index is 0.121. The number of likely N-dealkylation sites (N-methyl/N-ethyl adjacent to an activating group) is 1. The number of sulfonamides is 1. The molecule has 136 valence electrons. The molecule has 0 aliphatic carbocycles. The molecule has 7 nitrogen and oxygen atoms in total. The van der Waals surface area contributed by atoms with Gasteiger partial charge < -0.3 is 0 Å². The van der Waals surface area contributed by atoms with Crippen molar-refractivity contribution in [3.8, 4) is 0 Å². The van der Waals surface area contributed by atoms with Crippen molar-refractivity contribution < 1.29 is 18.0 Å². The molecule has 1 aromatic rings. The summed E-state index contributed by atoms with van der Waals surface area (Å²) in [7, 11) is -1.55. The van der Waals surface area contributed by atoms with E-state index in [1.807, 2.05) is 20.9 Å². The topological polar surface area (TPSA) is 78.0 Å². The van der Waals surface area contributed by atoms with Gasteiger partial charge in [-0.1, -0.05) is 12.1 Å². The van der Waals surface area contributed by atoms with Gasteiger partial charge in [-0.2, -0.15) is 4.31 Å². The minimum atomic E-state index is -3.53. The normalized spacial score (nSPS) is 25.5. The first-order valence-corrected chi connectivity index (χ1v) is 9.98. The Kier molecular flexibility index (Phi) is 4.70. The lowest BCUT2D eigenvalue weighted by atomic mass is 10.1. The number of piperazine rings is 1. The number of carbonyl (C=O) groups is 2. The van der Waals surface area contributed by atoms with Crippen molar-refractivity contribution in [3.05, 3.63) is 35.4 Å². The molecule has 1 saturated heterocycles. The number of hydrogen-bond acceptors (Lipinski definition) is 5. The SMILES string of the molecule is CC1CN(S(=O)(=O)CCN2C(=O)c3ccccc3C2=O)CC(C)N1C. The van der Waals surface area contributed by atoms with E-state index in [9.17, 15) is 18.0 Å². The molecule has 0 bridgehead atoms. The van der Waals surface area contributed by atoms with Crippen molar-refractivity contribution in [2.75, 3.05) is 32.4 Å². The second-order valence-electron chi connectivity index (χ2n) is 6.80. The Labute approximate surface area is 148 Å². The van der Waals surface area contributed by atoms with E-state index in [0.717, 1.165) is 4.90 Å². The summed E-state index contributed by atoms with van der Waals surface area (Å²) >= 11 is 0. The molecule has 2 unspecified atom stereocenters. The van der Waals surface area contributed by atoms with Gasteiger partial charge in [-0.05, 0) is 33.0 Å². The van der Waals surface area contributed by atoms with Gasteiger partial charge in [-0.15, -0.1) is 0 Å². The molecule has 2 heterocycles. The Morgan fingerprint density at radius 3 is 1.96 bits per heavy atom. The highest BCUT2D eigenvalue weighted by atomic mass is 32.2. The van der Waals surface area contributed by atoms with Crippen LogP contribution in [0.25, 0.3) is 0 Å². The van der Waals surface area contributed by atoms with E-state index in [4.69, 9.17) is 0 Å². The average molecular weight is 365 g/mol. The van der Waals surface area contributed by atoms with Crippen LogP contribution < -0.4 is 0 Å². The van der Waals surface area contributed by atoms with Gasteiger partial charge in [0.25, 0.3) is 11.8 Å². The van der Waals surface area contributed by atoms with Crippen LogP contribution in [0.15, 0.2) is 24.3 Å². The summed E-state index contributed by atoms with van der Waals surface area (Å²) in [5.74, 6) is -1.09. The van der Waals surface area contributed by atoms with Crippen LogP contribution in [0.1, 0.15) is 34.6 Å². The molecule has 0 N–H and O–H groups in total. The molecule has 1 fully saturated rings. The fourth-order valence-corrected chi connectivity index (χ4v) is 4.92. The zero-order chi connectivity index (χ0) is 18.4. The molecule has 2 aliphatic rings. The first kappa shape index (κ1) is 18.0. The smallest absolute Gasteiger partial charge is 0.261 e. The highest BCUT2D eigenvalue weighted by molar-refractivity contribution is 7.89. The maximum atomic E-state index is 12.7. The van der Waals surface area contributed by atoms with Gasteiger partial charge in [0.05, 0.1) is 16.9 Å². The van der Waals surface area contributed by atoms with Gasteiger partial charge in [-0.3, -0.25) is 19.4 Å². The van der Waals surface area contributed by atoms with Gasteiger partial charge in [0.1, 0.15) is 0 Å². The third-order valence-corrected chi connectivity index (χ3v) is 6.95. The van der Waals surface area contributed by atoms with E-state index in [1.165, 1.54) is 4.31 Å². The maximum Gasteiger partial charge on any atom is 0.261 e. The molecule has 2 atom stereocenters. The van der Waals surface area contributed by atoms with Crippen LogP contribution in [0.4, 0.5) is 0 Å². The summed E-state index contributed by atoms with van der Waals surface area (Å²) in [6.45, 7) is 4.70. The van der Waals surface area contributed by atoms with E-state index in [-0.39, 0.29) is 24.4 Å². The number of hydrogen-bond donors (Lipinski definition) is 0. The number of nitrogens with zero attached hydrogens (tertiary/aromatic N) is 3. The predicted octanol–water partition coefficient (Wildman–Crippen LogP) is 0.637. The van der Waals surface area contributed by atoms with Crippen LogP contribution in [0.5, 0.6) is 0 Å². The molecule has 2 aliphatic heterocycles. The third-order valence-electron chi connectivity index (χ3n) is 5.17. The molecule has 1 aromatic carbocycles. The standard InChI is InChI=1S/C17H23N3O4S/c1-12-10-19(11-13(2)18(12)3)25(23,24)9-8-20-16(21)14-6-4-5-7-15(14)17(20)22/h4-7,12-13H,8-11H2,1-3H3. The quantitative estimate of drug-likeness (QED) is 0.732. The monoisotopic (exact) mass is 365 g/mol. The van der Waals surface area contributed by atoms with Crippen molar-refractivity contribution in [1.82, 2.24) is 14.1 Å². The fraction of sp³-hybridized carbons (Fsp3) is 0.529. The highest BCUT2D eigenvalue weighted by Gasteiger charge is 2.38. The number of benzene rings is 1. The Balaban J connectivity index is 1.69. The largest absolute Gasteiger partial charge is 0.298 e. The third kappa shape index (κ3) is 3.21. The molecule has 3 rings (SSSR count). The van der Waals surface area contributed by atoms with E-state index < -0.39 is 21.8 Å². The molecular weight excluding hydrogens is 342 g/mol. The number of carbonyl (C=O) groups excluding carboxylic acids is 2. The van der Waals surface area contributed by atoms with Crippen molar-refractivity contribution >= 4 is 21.8 Å². The van der Waals surface area contributed by atoms with Gasteiger partial charge in [-0.25, -0.2) is 8.42 Å². The number of amides is 2. The highest BCUT2D eigenvalue weighted by Crippen LogP contribution is 2.23. The number of fused-ring (bicyclic) bond motifs is 1. The van der Waals surface area contributed by atoms with Crippen LogP contribution in [-0.2, 0) is 10.0 Å². The molecule has 8 heteroatoms. The van der Waals surface area contributed by atoms with E-state index in [2.05, 4.69) is 4.90 Å². The molecule has 2 amide bonds. The lowest BCUT2D eigenvalue weighted by Gasteiger charge is -2.41. The van der Waals surface area contributed by atoms with Gasteiger partial charge in [0, 0.05) is 31.7 Å². The van der Waals surface area contributed by atoms with Crippen LogP contribution in [0.3, 0.4) is 0 Å². The van der Waals surface area contributed by atoms with Crippen LogP contribution in [-0.4, -0.2) is 78.9 Å². The Morgan fingerprint density at radius 1 is 1.00 bits per heavy atom. The molecular formula is C17H23N3O4S. The Bertz CT molecular complexity index is 761. The van der Waals surface area contributed by atoms with Crippen LogP contribution in [0.2, 0.25) is 0 Å². The molecule has 25 heavy (non-hydrogen) atoms. The lowest BCUT2D eigenvalue weighted by molar-refractivity contribution is 0.0662. The maximum absolute atomic E-state index is 12.7. The minimum Gasteiger partial charge on any atom is -0.298 e. The molecule has 0 radical (unpaired) electrons. The second-order valence-corrected chi connectivity index (χ2v) is 8.89. The van der Waals surface area contributed by atoms with Crippen LogP contribution in [0, 0.1) is 0 Å². The number of rotatable bonds is 4. The summed E-state index contributed by atoms with van der Waals surface area (Å²) in [5, 5.41) is 0. The van der Waals surface area contributed by atoms with E-state index in [0.29, 0.717) is 24.2 Å². The Hall–Kier alpha value is -1.77. The fourth-order valence-electron chi connectivity index (χ4n) is 3.36. The van der Waals surface area contributed by atoms with Gasteiger partial charge in [0.15, 0.2) is 0 Å². The molecule has 0 spiro atoms. The van der Waals surface area contributed by atoms with Gasteiger partial charge >= 0.3 is 0 Å². The summed E-state index contributed by atoms with van der Waals surface area (Å²) in [6, 6.07) is 6.81. The summed E-state index contributed by atoms with van der Waals surface area (Å²) in [4.78, 5) is 27.9. The predicted molar refractivity (Wildman–Crippen MR) is 93.9 cm³/mol. The Morgan fingerprint density at radius 2 is 1.48 bits per heavy atom. The number of imide groups is 1. The van der Waals surface area contributed by atoms with Crippen molar-refractivity contribution in [1.29, 1.82) is 0 Å². The summed E-state index contributed by atoms with van der Waals surface area (Å²) in [6.07, 6.45) is 0. The van der Waals surface area contributed by atoms with Crippen molar-refractivity contribution in [3.63, 3.8) is 0 Å². The van der Waals surface area contributed by atoms with Gasteiger partial charge in [0.2, 0.25) is 10.0 Å². The first-order valence-electron chi connectivity index (χ1n) is 8.37. The zero-order valence-corrected chi connectivity index (χ0v) is 15.5. The second kappa shape index (κ2) is 6.51. The summed E-state index contributed by atoms with van der Waals surface area (Å²) in [5.41, 5.74) is 0.679. The molecule has 0 aromatic heterocycles. The van der Waals surface area contributed by atoms with Crippen molar-refractivity contribution in [2.45, 2.75) is 25.9 Å². The van der Waals surface area contributed by atoms with E-state index >= 15 is 0 Å². The van der Waals surface area contributed by atoms with Crippen molar-refractivity contribution in [2.24, 2.45) is 0 Å². The van der Waals surface area contributed by atoms with E-state index in [1.54, 1.807) is 24.3 Å². The molecule has 0 saturated carbocycles.